The molecule has 0 aliphatic carbocycles. The van der Waals surface area contributed by atoms with E-state index in [2.05, 4.69) is 15.5 Å². The molecule has 1 N–H and O–H groups in total. The molecule has 1 aromatic carbocycles. The minimum atomic E-state index is -0.249. The largest absolute Gasteiger partial charge is 0.410 e. The van der Waals surface area contributed by atoms with E-state index in [9.17, 15) is 4.79 Å². The van der Waals surface area contributed by atoms with Gasteiger partial charge in [-0.2, -0.15) is 0 Å². The van der Waals surface area contributed by atoms with Gasteiger partial charge in [0.15, 0.2) is 0 Å². The molecule has 24 heavy (non-hydrogen) atoms. The van der Waals surface area contributed by atoms with E-state index in [1.54, 1.807) is 0 Å². The summed E-state index contributed by atoms with van der Waals surface area (Å²) in [5, 5.41) is 12.5. The third-order valence-corrected chi connectivity index (χ3v) is 4.24. The van der Waals surface area contributed by atoms with E-state index < -0.39 is 0 Å². The molecule has 0 bridgehead atoms. The summed E-state index contributed by atoms with van der Waals surface area (Å²) in [4.78, 5) is 11.9. The number of hydrogen-bond acceptors (Lipinski definition) is 5. The third-order valence-electron chi connectivity index (χ3n) is 3.42. The lowest BCUT2D eigenvalue weighted by atomic mass is 10.1. The molecular formula is C17H20N4O2S. The molecule has 0 fully saturated rings. The van der Waals surface area contributed by atoms with Crippen LogP contribution < -0.4 is 5.32 Å². The lowest BCUT2D eigenvalue weighted by molar-refractivity contribution is -0.119. The highest BCUT2D eigenvalue weighted by molar-refractivity contribution is 7.99. The maximum atomic E-state index is 11.9. The second-order valence-corrected chi connectivity index (χ2v) is 7.53. The van der Waals surface area contributed by atoms with Crippen LogP contribution in [-0.2, 0) is 11.8 Å². The smallest absolute Gasteiger partial charge is 0.277 e. The first-order valence-electron chi connectivity index (χ1n) is 7.66. The van der Waals surface area contributed by atoms with Crippen molar-refractivity contribution in [2.75, 3.05) is 5.75 Å². The topological polar surface area (TPSA) is 73.0 Å². The van der Waals surface area contributed by atoms with Crippen LogP contribution >= 0.6 is 11.8 Å². The molecule has 126 valence electrons. The number of hydrogen-bond donors (Lipinski definition) is 1. The number of carbonyl (C=O) groups is 1. The number of amides is 1. The van der Waals surface area contributed by atoms with Gasteiger partial charge in [0.25, 0.3) is 11.1 Å². The Kier molecular flexibility index (Phi) is 4.36. The SMILES string of the molecule is Cn1c(-c2nnc(SCC(=O)NC(C)(C)C)o2)cc2ccccc21. The zero-order valence-electron chi connectivity index (χ0n) is 14.2. The first-order chi connectivity index (χ1) is 11.3. The monoisotopic (exact) mass is 344 g/mol. The maximum Gasteiger partial charge on any atom is 0.277 e. The van der Waals surface area contributed by atoms with Gasteiger partial charge < -0.3 is 14.3 Å². The van der Waals surface area contributed by atoms with Gasteiger partial charge in [0.1, 0.15) is 5.69 Å². The number of para-hydroxylation sites is 1. The third kappa shape index (κ3) is 3.62. The van der Waals surface area contributed by atoms with E-state index in [4.69, 9.17) is 4.42 Å². The highest BCUT2D eigenvalue weighted by Crippen LogP contribution is 2.28. The number of benzene rings is 1. The number of nitrogens with zero attached hydrogens (tertiary/aromatic N) is 3. The van der Waals surface area contributed by atoms with Gasteiger partial charge in [-0.3, -0.25) is 4.79 Å². The van der Waals surface area contributed by atoms with Gasteiger partial charge in [0, 0.05) is 23.5 Å². The molecule has 0 atom stereocenters. The quantitative estimate of drug-likeness (QED) is 0.736. The minimum Gasteiger partial charge on any atom is -0.410 e. The molecule has 6 nitrogen and oxygen atoms in total. The molecule has 7 heteroatoms. The Balaban J connectivity index is 1.73. The van der Waals surface area contributed by atoms with Crippen molar-refractivity contribution >= 4 is 28.6 Å². The Bertz CT molecular complexity index is 876. The number of aromatic nitrogens is 3. The van der Waals surface area contributed by atoms with Crippen molar-refractivity contribution in [3.05, 3.63) is 30.3 Å². The van der Waals surface area contributed by atoms with Gasteiger partial charge in [-0.05, 0) is 32.9 Å². The average molecular weight is 344 g/mol. The van der Waals surface area contributed by atoms with Crippen LogP contribution in [-0.4, -0.2) is 32.0 Å². The van der Waals surface area contributed by atoms with Crippen molar-refractivity contribution in [1.82, 2.24) is 20.1 Å². The lowest BCUT2D eigenvalue weighted by Crippen LogP contribution is -2.41. The van der Waals surface area contributed by atoms with Crippen molar-refractivity contribution in [3.63, 3.8) is 0 Å². The molecule has 3 rings (SSSR count). The Labute approximate surface area is 144 Å². The number of rotatable bonds is 4. The molecule has 0 saturated heterocycles. The first-order valence-corrected chi connectivity index (χ1v) is 8.64. The number of thioether (sulfide) groups is 1. The normalized spacial score (nSPS) is 11.8. The van der Waals surface area contributed by atoms with E-state index in [1.807, 2.05) is 62.7 Å². The van der Waals surface area contributed by atoms with E-state index >= 15 is 0 Å². The second-order valence-electron chi connectivity index (χ2n) is 6.61. The van der Waals surface area contributed by atoms with Crippen molar-refractivity contribution in [3.8, 4) is 11.6 Å². The van der Waals surface area contributed by atoms with Crippen LogP contribution in [0.4, 0.5) is 0 Å². The summed E-state index contributed by atoms with van der Waals surface area (Å²) in [7, 11) is 1.96. The molecule has 0 spiro atoms. The molecule has 2 aromatic heterocycles. The average Bonchev–Trinajstić information content (AvgIpc) is 3.09. The van der Waals surface area contributed by atoms with E-state index in [1.165, 1.54) is 11.8 Å². The molecule has 0 unspecified atom stereocenters. The number of aryl methyl sites for hydroxylation is 1. The Morgan fingerprint density at radius 1 is 1.29 bits per heavy atom. The fourth-order valence-electron chi connectivity index (χ4n) is 2.45. The number of nitrogens with one attached hydrogen (secondary N) is 1. The highest BCUT2D eigenvalue weighted by Gasteiger charge is 2.17. The summed E-state index contributed by atoms with van der Waals surface area (Å²) in [6, 6.07) is 10.1. The van der Waals surface area contributed by atoms with Gasteiger partial charge in [0.05, 0.1) is 5.75 Å². The van der Waals surface area contributed by atoms with Crippen LogP contribution in [0.2, 0.25) is 0 Å². The molecule has 1 amide bonds. The lowest BCUT2D eigenvalue weighted by Gasteiger charge is -2.19. The van der Waals surface area contributed by atoms with Crippen LogP contribution in [0.1, 0.15) is 20.8 Å². The predicted octanol–water partition coefficient (Wildman–Crippen LogP) is 3.24. The van der Waals surface area contributed by atoms with Gasteiger partial charge in [-0.15, -0.1) is 10.2 Å². The summed E-state index contributed by atoms with van der Waals surface area (Å²) in [5.41, 5.74) is 1.71. The van der Waals surface area contributed by atoms with Crippen molar-refractivity contribution in [2.45, 2.75) is 31.5 Å². The number of fused-ring (bicyclic) bond motifs is 1. The zero-order chi connectivity index (χ0) is 17.3. The summed E-state index contributed by atoms with van der Waals surface area (Å²) in [6.07, 6.45) is 0. The molecular weight excluding hydrogens is 324 g/mol. The van der Waals surface area contributed by atoms with Crippen molar-refractivity contribution in [1.29, 1.82) is 0 Å². The fourth-order valence-corrected chi connectivity index (χ4v) is 3.01. The molecule has 2 heterocycles. The standard InChI is InChI=1S/C17H20N4O2S/c1-17(2,3)18-14(22)10-24-16-20-19-15(23-16)13-9-11-7-5-6-8-12(11)21(13)4/h5-9H,10H2,1-4H3,(H,18,22). The molecule has 0 aliphatic heterocycles. The van der Waals surface area contributed by atoms with Crippen LogP contribution in [0.5, 0.6) is 0 Å². The Morgan fingerprint density at radius 2 is 2.04 bits per heavy atom. The number of carbonyl (C=O) groups excluding carboxylic acids is 1. The highest BCUT2D eigenvalue weighted by atomic mass is 32.2. The van der Waals surface area contributed by atoms with Crippen LogP contribution in [0, 0.1) is 0 Å². The minimum absolute atomic E-state index is 0.0585. The second kappa shape index (κ2) is 6.32. The molecule has 0 radical (unpaired) electrons. The van der Waals surface area contributed by atoms with Gasteiger partial charge in [-0.25, -0.2) is 0 Å². The van der Waals surface area contributed by atoms with Crippen molar-refractivity contribution in [2.24, 2.45) is 7.05 Å². The summed E-state index contributed by atoms with van der Waals surface area (Å²) < 4.78 is 7.72. The van der Waals surface area contributed by atoms with Gasteiger partial charge in [-0.1, -0.05) is 30.0 Å². The molecule has 0 saturated carbocycles. The Hall–Kier alpha value is -2.28. The molecule has 0 aliphatic rings. The zero-order valence-corrected chi connectivity index (χ0v) is 15.0. The summed E-state index contributed by atoms with van der Waals surface area (Å²) in [6.45, 7) is 5.83. The van der Waals surface area contributed by atoms with Gasteiger partial charge >= 0.3 is 0 Å². The first kappa shape index (κ1) is 16.6. The van der Waals surface area contributed by atoms with Crippen LogP contribution in [0.15, 0.2) is 40.0 Å². The van der Waals surface area contributed by atoms with Gasteiger partial charge in [0.2, 0.25) is 5.91 Å². The summed E-state index contributed by atoms with van der Waals surface area (Å²) >= 11 is 1.24. The molecule has 3 aromatic rings. The van der Waals surface area contributed by atoms with Crippen molar-refractivity contribution < 1.29 is 9.21 Å². The summed E-state index contributed by atoms with van der Waals surface area (Å²) in [5.74, 6) is 0.637. The predicted molar refractivity (Wildman–Crippen MR) is 94.8 cm³/mol. The Morgan fingerprint density at radius 3 is 2.75 bits per heavy atom. The van der Waals surface area contributed by atoms with Crippen LogP contribution in [0.25, 0.3) is 22.5 Å². The fraction of sp³-hybridized carbons (Fsp3) is 0.353. The van der Waals surface area contributed by atoms with E-state index in [0.29, 0.717) is 11.1 Å². The van der Waals surface area contributed by atoms with E-state index in [0.717, 1.165) is 16.6 Å². The van der Waals surface area contributed by atoms with E-state index in [-0.39, 0.29) is 17.2 Å². The maximum absolute atomic E-state index is 11.9. The van der Waals surface area contributed by atoms with Crippen LogP contribution in [0.3, 0.4) is 0 Å².